The summed E-state index contributed by atoms with van der Waals surface area (Å²) in [4.78, 5) is 13.9. The van der Waals surface area contributed by atoms with E-state index < -0.39 is 0 Å². The molecule has 0 aliphatic carbocycles. The van der Waals surface area contributed by atoms with Crippen LogP contribution in [0.1, 0.15) is 14.5 Å². The first-order chi connectivity index (χ1) is 7.16. The van der Waals surface area contributed by atoms with Gasteiger partial charge in [0, 0.05) is 14.9 Å². The maximum atomic E-state index is 11.9. The Morgan fingerprint density at radius 3 is 2.73 bits per heavy atom. The van der Waals surface area contributed by atoms with Crippen molar-refractivity contribution in [1.82, 2.24) is 0 Å². The van der Waals surface area contributed by atoms with Gasteiger partial charge in [-0.2, -0.15) is 0 Å². The molecule has 0 saturated carbocycles. The smallest absolute Gasteiger partial charge is 0.179 e. The monoisotopic (exact) mass is 412 g/mol. The van der Waals surface area contributed by atoms with Crippen molar-refractivity contribution in [3.63, 3.8) is 0 Å². The Morgan fingerprint density at radius 2 is 2.20 bits per heavy atom. The topological polar surface area (TPSA) is 17.1 Å². The molecule has 2 aromatic rings. The molecule has 0 aliphatic rings. The first-order valence-corrected chi connectivity index (χ1v) is 7.74. The quantitative estimate of drug-likeness (QED) is 0.531. The Bertz CT molecular complexity index is 489. The number of carbonyl (C=O) groups excluding carboxylic acids is 1. The Morgan fingerprint density at radius 1 is 1.40 bits per heavy atom. The molecule has 15 heavy (non-hydrogen) atoms. The van der Waals surface area contributed by atoms with Crippen molar-refractivity contribution in [1.29, 1.82) is 0 Å². The summed E-state index contributed by atoms with van der Waals surface area (Å²) in [5.74, 6) is 0.212. The highest BCUT2D eigenvalue weighted by Gasteiger charge is 2.12. The van der Waals surface area contributed by atoms with E-state index in [1.165, 1.54) is 11.3 Å². The van der Waals surface area contributed by atoms with Crippen LogP contribution >= 0.6 is 61.2 Å². The van der Waals surface area contributed by atoms with Gasteiger partial charge in [0.05, 0.1) is 8.66 Å². The molecule has 0 bridgehead atoms. The molecular formula is C10H6BrIOS2. The molecule has 0 N–H and O–H groups in total. The lowest BCUT2D eigenvalue weighted by atomic mass is 10.2. The van der Waals surface area contributed by atoms with Gasteiger partial charge in [-0.25, -0.2) is 0 Å². The van der Waals surface area contributed by atoms with Crippen molar-refractivity contribution in [2.45, 2.75) is 6.42 Å². The highest BCUT2D eigenvalue weighted by molar-refractivity contribution is 14.1. The van der Waals surface area contributed by atoms with Crippen molar-refractivity contribution < 1.29 is 4.79 Å². The zero-order valence-corrected chi connectivity index (χ0v) is 12.9. The molecule has 0 spiro atoms. The fraction of sp³-hybridized carbons (Fsp3) is 0.100. The van der Waals surface area contributed by atoms with Crippen LogP contribution in [0.3, 0.4) is 0 Å². The number of carbonyl (C=O) groups is 1. The molecule has 0 unspecified atom stereocenters. The molecule has 0 fully saturated rings. The third-order valence-corrected chi connectivity index (χ3v) is 5.68. The van der Waals surface area contributed by atoms with E-state index in [1.807, 2.05) is 23.6 Å². The van der Waals surface area contributed by atoms with Crippen LogP contribution in [-0.4, -0.2) is 5.78 Å². The van der Waals surface area contributed by atoms with Gasteiger partial charge in [-0.1, -0.05) is 0 Å². The summed E-state index contributed by atoms with van der Waals surface area (Å²) in [6, 6.07) is 5.95. The van der Waals surface area contributed by atoms with Gasteiger partial charge in [-0.15, -0.1) is 22.7 Å². The fourth-order valence-corrected chi connectivity index (χ4v) is 4.49. The summed E-state index contributed by atoms with van der Waals surface area (Å²) < 4.78 is 2.13. The molecule has 2 aromatic heterocycles. The van der Waals surface area contributed by atoms with E-state index in [1.54, 1.807) is 11.3 Å². The Labute approximate surface area is 118 Å². The van der Waals surface area contributed by atoms with Gasteiger partial charge >= 0.3 is 0 Å². The van der Waals surface area contributed by atoms with Crippen molar-refractivity contribution >= 4 is 67.0 Å². The van der Waals surface area contributed by atoms with E-state index in [0.29, 0.717) is 6.42 Å². The first-order valence-electron chi connectivity index (χ1n) is 4.17. The second-order valence-corrected chi connectivity index (χ2v) is 7.53. The lowest BCUT2D eigenvalue weighted by molar-refractivity contribution is 0.0997. The molecule has 0 radical (unpaired) electrons. The maximum absolute atomic E-state index is 11.9. The average molecular weight is 413 g/mol. The molecule has 0 amide bonds. The SMILES string of the molecule is O=C(Cc1ccc(Br)s1)c1sccc1I. The number of rotatable bonds is 3. The lowest BCUT2D eigenvalue weighted by Crippen LogP contribution is -2.00. The number of thiophene rings is 2. The molecular weight excluding hydrogens is 407 g/mol. The minimum atomic E-state index is 0.212. The largest absolute Gasteiger partial charge is 0.293 e. The second kappa shape index (κ2) is 5.07. The van der Waals surface area contributed by atoms with E-state index >= 15 is 0 Å². The van der Waals surface area contributed by atoms with Crippen LogP contribution in [0.2, 0.25) is 0 Å². The molecule has 0 aromatic carbocycles. The average Bonchev–Trinajstić information content (AvgIpc) is 2.75. The van der Waals surface area contributed by atoms with Gasteiger partial charge < -0.3 is 0 Å². The first kappa shape index (κ1) is 11.8. The van der Waals surface area contributed by atoms with E-state index in [2.05, 4.69) is 38.5 Å². The van der Waals surface area contributed by atoms with Crippen LogP contribution in [0, 0.1) is 3.57 Å². The van der Waals surface area contributed by atoms with Crippen LogP contribution in [-0.2, 0) is 6.42 Å². The van der Waals surface area contributed by atoms with E-state index in [9.17, 15) is 4.79 Å². The molecule has 0 atom stereocenters. The standard InChI is InChI=1S/C10H6BrIOS2/c11-9-2-1-6(15-9)5-8(13)10-7(12)3-4-14-10/h1-4H,5H2. The Kier molecular flexibility index (Phi) is 3.98. The van der Waals surface area contributed by atoms with Crippen LogP contribution < -0.4 is 0 Å². The summed E-state index contributed by atoms with van der Waals surface area (Å²) in [6.45, 7) is 0. The van der Waals surface area contributed by atoms with Crippen LogP contribution in [0.15, 0.2) is 27.4 Å². The minimum Gasteiger partial charge on any atom is -0.293 e. The second-order valence-electron chi connectivity index (χ2n) is 2.90. The molecule has 2 rings (SSSR count). The van der Waals surface area contributed by atoms with Gasteiger partial charge in [0.15, 0.2) is 5.78 Å². The normalized spacial score (nSPS) is 10.5. The van der Waals surface area contributed by atoms with Crippen molar-refractivity contribution in [3.8, 4) is 0 Å². The third kappa shape index (κ3) is 2.89. The Hall–Kier alpha value is 0.280. The number of Topliss-reactive ketones (excluding diaryl/α,β-unsaturated/α-hetero) is 1. The number of hydrogen-bond acceptors (Lipinski definition) is 3. The summed E-state index contributed by atoms with van der Waals surface area (Å²) in [7, 11) is 0. The number of hydrogen-bond donors (Lipinski definition) is 0. The summed E-state index contributed by atoms with van der Waals surface area (Å²) in [5.41, 5.74) is 0. The van der Waals surface area contributed by atoms with Crippen molar-refractivity contribution in [3.05, 3.63) is 40.7 Å². The van der Waals surface area contributed by atoms with Gasteiger partial charge in [0.1, 0.15) is 0 Å². The zero-order valence-electron chi connectivity index (χ0n) is 7.50. The zero-order chi connectivity index (χ0) is 10.8. The van der Waals surface area contributed by atoms with Crippen LogP contribution in [0.4, 0.5) is 0 Å². The summed E-state index contributed by atoms with van der Waals surface area (Å²) in [6.07, 6.45) is 0.507. The fourth-order valence-electron chi connectivity index (χ4n) is 1.18. The van der Waals surface area contributed by atoms with Crippen molar-refractivity contribution in [2.24, 2.45) is 0 Å². The minimum absolute atomic E-state index is 0.212. The number of ketones is 1. The van der Waals surface area contributed by atoms with Crippen molar-refractivity contribution in [2.75, 3.05) is 0 Å². The predicted molar refractivity (Wildman–Crippen MR) is 77.1 cm³/mol. The third-order valence-electron chi connectivity index (χ3n) is 1.83. The molecule has 2 heterocycles. The van der Waals surface area contributed by atoms with E-state index in [0.717, 1.165) is 17.1 Å². The summed E-state index contributed by atoms with van der Waals surface area (Å²) >= 11 is 8.73. The lowest BCUT2D eigenvalue weighted by Gasteiger charge is -1.95. The molecule has 0 saturated heterocycles. The van der Waals surface area contributed by atoms with E-state index in [4.69, 9.17) is 0 Å². The predicted octanol–water partition coefficient (Wildman–Crippen LogP) is 4.60. The van der Waals surface area contributed by atoms with Crippen LogP contribution in [0.25, 0.3) is 0 Å². The van der Waals surface area contributed by atoms with Crippen LogP contribution in [0.5, 0.6) is 0 Å². The van der Waals surface area contributed by atoms with Gasteiger partial charge in [-0.05, 0) is 62.1 Å². The molecule has 1 nitrogen and oxygen atoms in total. The van der Waals surface area contributed by atoms with Gasteiger partial charge in [0.2, 0.25) is 0 Å². The molecule has 78 valence electrons. The summed E-state index contributed by atoms with van der Waals surface area (Å²) in [5, 5.41) is 1.96. The number of halogens is 2. The highest BCUT2D eigenvalue weighted by atomic mass is 127. The highest BCUT2D eigenvalue weighted by Crippen LogP contribution is 2.25. The molecule has 5 heteroatoms. The van der Waals surface area contributed by atoms with Gasteiger partial charge in [-0.3, -0.25) is 4.79 Å². The molecule has 0 aliphatic heterocycles. The van der Waals surface area contributed by atoms with Gasteiger partial charge in [0.25, 0.3) is 0 Å². The maximum Gasteiger partial charge on any atom is 0.179 e. The van der Waals surface area contributed by atoms with E-state index in [-0.39, 0.29) is 5.78 Å². The Balaban J connectivity index is 2.14.